The van der Waals surface area contributed by atoms with Crippen molar-refractivity contribution in [3.63, 3.8) is 0 Å². The summed E-state index contributed by atoms with van der Waals surface area (Å²) in [4.78, 5) is 31.0. The number of para-hydroxylation sites is 1. The fourth-order valence-electron chi connectivity index (χ4n) is 2.37. The second-order valence-electron chi connectivity index (χ2n) is 5.98. The first-order valence-electron chi connectivity index (χ1n) is 7.89. The molecule has 6 nitrogen and oxygen atoms in total. The van der Waals surface area contributed by atoms with E-state index in [9.17, 15) is 14.7 Å². The quantitative estimate of drug-likeness (QED) is 0.719. The molecule has 1 heterocycles. The van der Waals surface area contributed by atoms with Crippen molar-refractivity contribution in [1.29, 1.82) is 0 Å². The molecule has 0 aliphatic heterocycles. The van der Waals surface area contributed by atoms with Crippen LogP contribution in [0, 0.1) is 5.92 Å². The van der Waals surface area contributed by atoms with Crippen LogP contribution in [-0.2, 0) is 11.2 Å². The molecule has 6 heteroatoms. The van der Waals surface area contributed by atoms with Crippen LogP contribution in [0.3, 0.4) is 0 Å². The van der Waals surface area contributed by atoms with Crippen LogP contribution in [0.5, 0.6) is 0 Å². The number of carbonyl (C=O) groups excluding carboxylic acids is 1. The molecular weight excluding hydrogens is 294 g/mol. The number of hydrogen-bond acceptors (Lipinski definition) is 4. The zero-order chi connectivity index (χ0) is 16.8. The molecule has 0 aliphatic rings. The van der Waals surface area contributed by atoms with E-state index in [1.807, 2.05) is 19.9 Å². The van der Waals surface area contributed by atoms with Crippen LogP contribution < -0.4 is 10.9 Å². The number of aliphatic hydroxyl groups is 1. The van der Waals surface area contributed by atoms with Crippen LogP contribution in [0.25, 0.3) is 10.9 Å². The first-order chi connectivity index (χ1) is 11.0. The molecule has 0 saturated carbocycles. The predicted molar refractivity (Wildman–Crippen MR) is 89.2 cm³/mol. The summed E-state index contributed by atoms with van der Waals surface area (Å²) in [5.74, 6) is 0.674. The number of benzene rings is 1. The summed E-state index contributed by atoms with van der Waals surface area (Å²) in [5.41, 5.74) is 0.506. The number of nitrogens with zero attached hydrogens (tertiary/aromatic N) is 1. The van der Waals surface area contributed by atoms with Crippen LogP contribution in [-0.4, -0.2) is 33.6 Å². The van der Waals surface area contributed by atoms with Gasteiger partial charge in [-0.15, -0.1) is 0 Å². The number of rotatable bonds is 7. The van der Waals surface area contributed by atoms with Gasteiger partial charge in [0, 0.05) is 12.8 Å². The molecule has 1 aromatic carbocycles. The van der Waals surface area contributed by atoms with E-state index in [0.29, 0.717) is 36.0 Å². The Kier molecular flexibility index (Phi) is 5.87. The Morgan fingerprint density at radius 1 is 1.35 bits per heavy atom. The highest BCUT2D eigenvalue weighted by Gasteiger charge is 2.14. The smallest absolute Gasteiger partial charge is 0.258 e. The second kappa shape index (κ2) is 7.87. The number of amides is 1. The molecule has 1 amide bonds. The minimum absolute atomic E-state index is 0.0665. The highest BCUT2D eigenvalue weighted by atomic mass is 16.3. The van der Waals surface area contributed by atoms with Gasteiger partial charge < -0.3 is 15.4 Å². The van der Waals surface area contributed by atoms with Crippen molar-refractivity contribution in [1.82, 2.24) is 15.3 Å². The van der Waals surface area contributed by atoms with Gasteiger partial charge in [0.25, 0.3) is 5.56 Å². The molecule has 124 valence electrons. The third-order valence-electron chi connectivity index (χ3n) is 3.83. The molecule has 1 aromatic heterocycles. The Morgan fingerprint density at radius 2 is 2.09 bits per heavy atom. The molecule has 0 unspecified atom stereocenters. The summed E-state index contributed by atoms with van der Waals surface area (Å²) >= 11 is 0. The van der Waals surface area contributed by atoms with E-state index in [2.05, 4.69) is 15.3 Å². The van der Waals surface area contributed by atoms with Crippen LogP contribution in [0.15, 0.2) is 29.1 Å². The topological polar surface area (TPSA) is 95.1 Å². The maximum Gasteiger partial charge on any atom is 0.258 e. The first kappa shape index (κ1) is 17.1. The molecule has 3 N–H and O–H groups in total. The third-order valence-corrected chi connectivity index (χ3v) is 3.83. The average Bonchev–Trinajstić information content (AvgIpc) is 2.52. The lowest BCUT2D eigenvalue weighted by Gasteiger charge is -2.19. The van der Waals surface area contributed by atoms with Gasteiger partial charge in [-0.25, -0.2) is 4.98 Å². The summed E-state index contributed by atoms with van der Waals surface area (Å²) < 4.78 is 0. The van der Waals surface area contributed by atoms with Crippen molar-refractivity contribution in [2.45, 2.75) is 39.2 Å². The normalized spacial score (nSPS) is 12.5. The summed E-state index contributed by atoms with van der Waals surface area (Å²) in [7, 11) is 0. The molecule has 0 aliphatic carbocycles. The lowest BCUT2D eigenvalue weighted by molar-refractivity contribution is -0.122. The van der Waals surface area contributed by atoms with E-state index in [-0.39, 0.29) is 30.0 Å². The van der Waals surface area contributed by atoms with Gasteiger partial charge >= 0.3 is 0 Å². The maximum atomic E-state index is 12.0. The van der Waals surface area contributed by atoms with E-state index >= 15 is 0 Å². The Labute approximate surface area is 135 Å². The minimum atomic E-state index is -0.221. The fourth-order valence-corrected chi connectivity index (χ4v) is 2.37. The van der Waals surface area contributed by atoms with Gasteiger partial charge in [0.1, 0.15) is 5.82 Å². The number of aromatic amines is 1. The van der Waals surface area contributed by atoms with Gasteiger partial charge in [-0.1, -0.05) is 26.0 Å². The highest BCUT2D eigenvalue weighted by Crippen LogP contribution is 2.07. The molecule has 23 heavy (non-hydrogen) atoms. The number of aromatic nitrogens is 2. The van der Waals surface area contributed by atoms with Crippen molar-refractivity contribution in [2.75, 3.05) is 6.61 Å². The van der Waals surface area contributed by atoms with E-state index in [1.165, 1.54) is 0 Å². The van der Waals surface area contributed by atoms with E-state index in [1.54, 1.807) is 18.2 Å². The molecule has 1 atom stereocenters. The van der Waals surface area contributed by atoms with Crippen LogP contribution in [0.1, 0.15) is 32.5 Å². The van der Waals surface area contributed by atoms with Gasteiger partial charge in [-0.3, -0.25) is 9.59 Å². The zero-order valence-electron chi connectivity index (χ0n) is 13.5. The number of carbonyl (C=O) groups is 1. The first-order valence-corrected chi connectivity index (χ1v) is 7.89. The van der Waals surface area contributed by atoms with E-state index in [4.69, 9.17) is 0 Å². The second-order valence-corrected chi connectivity index (χ2v) is 5.98. The Hall–Kier alpha value is -2.21. The van der Waals surface area contributed by atoms with Gasteiger partial charge in [-0.2, -0.15) is 0 Å². The number of nitrogens with one attached hydrogen (secondary N) is 2. The maximum absolute atomic E-state index is 12.0. The summed E-state index contributed by atoms with van der Waals surface area (Å²) in [6.45, 7) is 3.83. The lowest BCUT2D eigenvalue weighted by Crippen LogP contribution is -2.41. The number of aliphatic hydroxyl groups excluding tert-OH is 1. The van der Waals surface area contributed by atoms with Gasteiger partial charge in [0.05, 0.1) is 23.6 Å². The van der Waals surface area contributed by atoms with Gasteiger partial charge in [-0.05, 0) is 24.5 Å². The molecule has 0 saturated heterocycles. The van der Waals surface area contributed by atoms with Crippen molar-refractivity contribution in [3.05, 3.63) is 40.4 Å². The summed E-state index contributed by atoms with van der Waals surface area (Å²) in [6, 6.07) is 6.96. The number of hydrogen-bond donors (Lipinski definition) is 3. The Balaban J connectivity index is 1.91. The zero-order valence-corrected chi connectivity index (χ0v) is 13.5. The standard InChI is InChI=1S/C17H23N3O3/c1-11(2)14(10-21)19-16(22)9-5-8-15-18-13-7-4-3-6-12(13)17(23)20-15/h3-4,6-7,11,14,21H,5,8-10H2,1-2H3,(H,19,22)(H,18,20,23)/t14-/m1/s1. The fraction of sp³-hybridized carbons (Fsp3) is 0.471. The molecule has 2 aromatic rings. The molecule has 0 spiro atoms. The lowest BCUT2D eigenvalue weighted by atomic mass is 10.1. The summed E-state index contributed by atoms with van der Waals surface area (Å²) in [6.07, 6.45) is 1.45. The van der Waals surface area contributed by atoms with Crippen LogP contribution in [0.2, 0.25) is 0 Å². The van der Waals surface area contributed by atoms with Gasteiger partial charge in [0.2, 0.25) is 5.91 Å². The number of H-pyrrole nitrogens is 1. The van der Waals surface area contributed by atoms with Gasteiger partial charge in [0.15, 0.2) is 0 Å². The third kappa shape index (κ3) is 4.63. The molecule has 0 fully saturated rings. The predicted octanol–water partition coefficient (Wildman–Crippen LogP) is 1.38. The number of fused-ring (bicyclic) bond motifs is 1. The van der Waals surface area contributed by atoms with Crippen molar-refractivity contribution in [2.24, 2.45) is 5.92 Å². The largest absolute Gasteiger partial charge is 0.394 e. The molecule has 0 bridgehead atoms. The summed E-state index contributed by atoms with van der Waals surface area (Å²) in [5, 5.41) is 12.6. The van der Waals surface area contributed by atoms with Crippen molar-refractivity contribution in [3.8, 4) is 0 Å². The highest BCUT2D eigenvalue weighted by molar-refractivity contribution is 5.77. The SMILES string of the molecule is CC(C)[C@@H](CO)NC(=O)CCCc1nc2ccccc2c(=O)[nH]1. The average molecular weight is 317 g/mol. The molecule has 2 rings (SSSR count). The Morgan fingerprint density at radius 3 is 2.78 bits per heavy atom. The van der Waals surface area contributed by atoms with Crippen LogP contribution in [0.4, 0.5) is 0 Å². The van der Waals surface area contributed by atoms with E-state index < -0.39 is 0 Å². The molecular formula is C17H23N3O3. The van der Waals surface area contributed by atoms with Crippen molar-refractivity contribution >= 4 is 16.8 Å². The number of aryl methyl sites for hydroxylation is 1. The van der Waals surface area contributed by atoms with Crippen molar-refractivity contribution < 1.29 is 9.90 Å². The molecule has 0 radical (unpaired) electrons. The Bertz CT molecular complexity index is 724. The monoisotopic (exact) mass is 317 g/mol. The van der Waals surface area contributed by atoms with E-state index in [0.717, 1.165) is 0 Å². The van der Waals surface area contributed by atoms with Crippen LogP contribution >= 0.6 is 0 Å². The minimum Gasteiger partial charge on any atom is -0.394 e.